The molecule has 1 aliphatic rings. The van der Waals surface area contributed by atoms with Gasteiger partial charge in [-0.2, -0.15) is 0 Å². The Kier molecular flexibility index (Phi) is 4.55. The van der Waals surface area contributed by atoms with Crippen LogP contribution in [0, 0.1) is 12.7 Å². The van der Waals surface area contributed by atoms with Gasteiger partial charge in [0, 0.05) is 32.7 Å². The number of aryl methyl sites for hydroxylation is 1. The molecule has 1 aromatic rings. The van der Waals surface area contributed by atoms with Crippen LogP contribution in [-0.4, -0.2) is 56.2 Å². The van der Waals surface area contributed by atoms with Crippen LogP contribution in [0.25, 0.3) is 0 Å². The molecule has 0 N–H and O–H groups in total. The van der Waals surface area contributed by atoms with Crippen LogP contribution in [0.15, 0.2) is 18.2 Å². The maximum Gasteiger partial charge on any atom is 0.167 e. The predicted molar refractivity (Wildman–Crippen MR) is 70.6 cm³/mol. The smallest absolute Gasteiger partial charge is 0.167 e. The van der Waals surface area contributed by atoms with Crippen molar-refractivity contribution in [3.63, 3.8) is 0 Å². The van der Waals surface area contributed by atoms with E-state index in [4.69, 9.17) is 4.74 Å². The first-order valence-corrected chi connectivity index (χ1v) is 6.45. The van der Waals surface area contributed by atoms with E-state index in [2.05, 4.69) is 16.8 Å². The summed E-state index contributed by atoms with van der Waals surface area (Å²) in [7, 11) is 2.13. The normalized spacial score (nSPS) is 17.9. The molecule has 4 heteroatoms. The van der Waals surface area contributed by atoms with Crippen molar-refractivity contribution in [2.45, 2.75) is 6.92 Å². The van der Waals surface area contributed by atoms with E-state index in [1.807, 2.05) is 6.07 Å². The lowest BCUT2D eigenvalue weighted by atomic mass is 10.2. The van der Waals surface area contributed by atoms with Gasteiger partial charge in [0.25, 0.3) is 0 Å². The van der Waals surface area contributed by atoms with Crippen molar-refractivity contribution in [1.29, 1.82) is 0 Å². The van der Waals surface area contributed by atoms with Crippen molar-refractivity contribution < 1.29 is 9.13 Å². The minimum absolute atomic E-state index is 0.240. The maximum absolute atomic E-state index is 13.7. The predicted octanol–water partition coefficient (Wildman–Crippen LogP) is 1.76. The summed E-state index contributed by atoms with van der Waals surface area (Å²) in [5.74, 6) is 0.125. The first-order chi connectivity index (χ1) is 8.66. The maximum atomic E-state index is 13.7. The van der Waals surface area contributed by atoms with Crippen LogP contribution in [0.2, 0.25) is 0 Å². The second kappa shape index (κ2) is 6.16. The molecule has 3 nitrogen and oxygen atoms in total. The molecule has 0 radical (unpaired) electrons. The quantitative estimate of drug-likeness (QED) is 0.812. The number of rotatable bonds is 4. The van der Waals surface area contributed by atoms with Crippen molar-refractivity contribution in [1.82, 2.24) is 9.80 Å². The Morgan fingerprint density at radius 3 is 2.67 bits per heavy atom. The molecule has 1 aromatic carbocycles. The van der Waals surface area contributed by atoms with E-state index in [1.165, 1.54) is 0 Å². The minimum Gasteiger partial charge on any atom is -0.489 e. The summed E-state index contributed by atoms with van der Waals surface area (Å²) in [6, 6.07) is 5.26. The van der Waals surface area contributed by atoms with E-state index >= 15 is 0 Å². The standard InChI is InChI=1S/C14H21FN2O/c1-12-4-3-5-13(14(12)15)18-11-10-17-8-6-16(2)7-9-17/h3-5H,6-11H2,1-2H3. The van der Waals surface area contributed by atoms with Gasteiger partial charge in [-0.15, -0.1) is 0 Å². The number of hydrogen-bond acceptors (Lipinski definition) is 3. The molecule has 0 saturated carbocycles. The van der Waals surface area contributed by atoms with Gasteiger partial charge in [0.15, 0.2) is 11.6 Å². The molecule has 1 heterocycles. The Morgan fingerprint density at radius 1 is 1.22 bits per heavy atom. The number of benzene rings is 1. The summed E-state index contributed by atoms with van der Waals surface area (Å²) in [4.78, 5) is 4.67. The molecule has 2 rings (SSSR count). The van der Waals surface area contributed by atoms with Crippen LogP contribution in [0.5, 0.6) is 5.75 Å². The number of likely N-dealkylation sites (N-methyl/N-ethyl adjacent to an activating group) is 1. The van der Waals surface area contributed by atoms with Crippen molar-refractivity contribution in [2.75, 3.05) is 46.4 Å². The molecule has 18 heavy (non-hydrogen) atoms. The molecule has 1 aliphatic heterocycles. The van der Waals surface area contributed by atoms with E-state index in [0.717, 1.165) is 32.7 Å². The Bertz CT molecular complexity index is 389. The lowest BCUT2D eigenvalue weighted by molar-refractivity contribution is 0.132. The second-order valence-electron chi connectivity index (χ2n) is 4.88. The van der Waals surface area contributed by atoms with Crippen molar-refractivity contribution in [2.24, 2.45) is 0 Å². The molecule has 1 fully saturated rings. The highest BCUT2D eigenvalue weighted by Crippen LogP contribution is 2.19. The third kappa shape index (κ3) is 3.43. The van der Waals surface area contributed by atoms with Gasteiger partial charge < -0.3 is 9.64 Å². The third-order valence-corrected chi connectivity index (χ3v) is 3.42. The molecule has 0 unspecified atom stereocenters. The molecule has 0 aliphatic carbocycles. The zero-order chi connectivity index (χ0) is 13.0. The van der Waals surface area contributed by atoms with Gasteiger partial charge in [-0.25, -0.2) is 4.39 Å². The van der Waals surface area contributed by atoms with Crippen LogP contribution in [0.4, 0.5) is 4.39 Å². The zero-order valence-corrected chi connectivity index (χ0v) is 11.2. The van der Waals surface area contributed by atoms with Crippen LogP contribution in [-0.2, 0) is 0 Å². The van der Waals surface area contributed by atoms with E-state index in [9.17, 15) is 4.39 Å². The van der Waals surface area contributed by atoms with Crippen LogP contribution in [0.3, 0.4) is 0 Å². The summed E-state index contributed by atoms with van der Waals surface area (Å²) < 4.78 is 19.2. The highest BCUT2D eigenvalue weighted by Gasteiger charge is 2.13. The lowest BCUT2D eigenvalue weighted by Gasteiger charge is -2.32. The fourth-order valence-electron chi connectivity index (χ4n) is 2.09. The van der Waals surface area contributed by atoms with Gasteiger partial charge in [0.1, 0.15) is 6.61 Å². The van der Waals surface area contributed by atoms with Gasteiger partial charge in [0.05, 0.1) is 0 Å². The van der Waals surface area contributed by atoms with Gasteiger partial charge in [0.2, 0.25) is 0 Å². The molecule has 0 bridgehead atoms. The number of nitrogens with zero attached hydrogens (tertiary/aromatic N) is 2. The van der Waals surface area contributed by atoms with Crippen molar-refractivity contribution in [3.8, 4) is 5.75 Å². The van der Waals surface area contributed by atoms with E-state index in [-0.39, 0.29) is 5.82 Å². The molecule has 1 saturated heterocycles. The van der Waals surface area contributed by atoms with Crippen LogP contribution >= 0.6 is 0 Å². The molecular weight excluding hydrogens is 231 g/mol. The average molecular weight is 252 g/mol. The Morgan fingerprint density at radius 2 is 1.94 bits per heavy atom. The number of halogens is 1. The first kappa shape index (κ1) is 13.3. The number of hydrogen-bond donors (Lipinski definition) is 0. The molecule has 0 spiro atoms. The molecule has 0 amide bonds. The fourth-order valence-corrected chi connectivity index (χ4v) is 2.09. The van der Waals surface area contributed by atoms with Crippen LogP contribution in [0.1, 0.15) is 5.56 Å². The summed E-state index contributed by atoms with van der Waals surface area (Å²) in [6.07, 6.45) is 0. The highest BCUT2D eigenvalue weighted by atomic mass is 19.1. The van der Waals surface area contributed by atoms with Gasteiger partial charge in [-0.3, -0.25) is 4.90 Å². The molecule has 100 valence electrons. The summed E-state index contributed by atoms with van der Waals surface area (Å²) in [6.45, 7) is 7.48. The molecular formula is C14H21FN2O. The topological polar surface area (TPSA) is 15.7 Å². The monoisotopic (exact) mass is 252 g/mol. The Balaban J connectivity index is 1.77. The highest BCUT2D eigenvalue weighted by molar-refractivity contribution is 5.29. The summed E-state index contributed by atoms with van der Waals surface area (Å²) >= 11 is 0. The second-order valence-corrected chi connectivity index (χ2v) is 4.88. The summed E-state index contributed by atoms with van der Waals surface area (Å²) in [5, 5.41) is 0. The van der Waals surface area contributed by atoms with E-state index in [1.54, 1.807) is 19.1 Å². The molecule has 0 atom stereocenters. The average Bonchev–Trinajstić information content (AvgIpc) is 2.37. The summed E-state index contributed by atoms with van der Waals surface area (Å²) in [5.41, 5.74) is 0.632. The van der Waals surface area contributed by atoms with Gasteiger partial charge >= 0.3 is 0 Å². The largest absolute Gasteiger partial charge is 0.489 e. The van der Waals surface area contributed by atoms with E-state index < -0.39 is 0 Å². The molecule has 0 aromatic heterocycles. The Labute approximate surface area is 108 Å². The Hall–Kier alpha value is -1.13. The minimum atomic E-state index is -0.240. The first-order valence-electron chi connectivity index (χ1n) is 6.45. The zero-order valence-electron chi connectivity index (χ0n) is 11.2. The van der Waals surface area contributed by atoms with Crippen molar-refractivity contribution >= 4 is 0 Å². The fraction of sp³-hybridized carbons (Fsp3) is 0.571. The van der Waals surface area contributed by atoms with Crippen LogP contribution < -0.4 is 4.74 Å². The number of ether oxygens (including phenoxy) is 1. The lowest BCUT2D eigenvalue weighted by Crippen LogP contribution is -2.45. The van der Waals surface area contributed by atoms with Gasteiger partial charge in [-0.05, 0) is 25.6 Å². The number of piperazine rings is 1. The van der Waals surface area contributed by atoms with Crippen molar-refractivity contribution in [3.05, 3.63) is 29.6 Å². The SMILES string of the molecule is Cc1cccc(OCCN2CCN(C)CC2)c1F. The third-order valence-electron chi connectivity index (χ3n) is 3.42. The van der Waals surface area contributed by atoms with Gasteiger partial charge in [-0.1, -0.05) is 12.1 Å². The van der Waals surface area contributed by atoms with E-state index in [0.29, 0.717) is 17.9 Å².